The standard InChI is InChI=1S/C46H27N5O/c1-2-11-28(12-3-1)29-21-22-41-38(25-29)34-17-8-9-20-40(34)51(41)46-49-44(37-19-10-18-36-35-23-24-47-27-42(35)52-43(36)37)48-45(50-46)39-26-30-13-4-5-14-31(30)32-15-6-7-16-33(32)39/h1-27H. The van der Waals surface area contributed by atoms with Crippen LogP contribution in [0.1, 0.15) is 0 Å². The van der Waals surface area contributed by atoms with E-state index in [1.165, 1.54) is 10.9 Å². The summed E-state index contributed by atoms with van der Waals surface area (Å²) in [5, 5.41) is 8.78. The number of hydrogen-bond donors (Lipinski definition) is 0. The first kappa shape index (κ1) is 28.6. The Morgan fingerprint density at radius 2 is 1.15 bits per heavy atom. The van der Waals surface area contributed by atoms with Gasteiger partial charge in [-0.15, -0.1) is 0 Å². The van der Waals surface area contributed by atoms with Crippen LogP contribution in [-0.4, -0.2) is 24.5 Å². The fraction of sp³-hybridized carbons (Fsp3) is 0. The van der Waals surface area contributed by atoms with Gasteiger partial charge in [0.2, 0.25) is 5.95 Å². The predicted molar refractivity (Wildman–Crippen MR) is 211 cm³/mol. The van der Waals surface area contributed by atoms with Gasteiger partial charge in [-0.1, -0.05) is 115 Å². The van der Waals surface area contributed by atoms with Crippen LogP contribution >= 0.6 is 0 Å². The largest absolute Gasteiger partial charge is 0.454 e. The molecule has 0 radical (unpaired) electrons. The fourth-order valence-corrected chi connectivity index (χ4v) is 7.77. The van der Waals surface area contributed by atoms with Crippen molar-refractivity contribution in [3.8, 4) is 39.9 Å². The summed E-state index contributed by atoms with van der Waals surface area (Å²) in [6.07, 6.45) is 3.55. The summed E-state index contributed by atoms with van der Waals surface area (Å²) in [6.45, 7) is 0. The Labute approximate surface area is 297 Å². The number of pyridine rings is 1. The molecule has 0 aliphatic heterocycles. The number of fused-ring (bicyclic) bond motifs is 9. The number of benzene rings is 7. The predicted octanol–water partition coefficient (Wildman–Crippen LogP) is 11.6. The zero-order valence-corrected chi connectivity index (χ0v) is 27.7. The van der Waals surface area contributed by atoms with Gasteiger partial charge in [0.1, 0.15) is 5.58 Å². The highest BCUT2D eigenvalue weighted by atomic mass is 16.3. The van der Waals surface area contributed by atoms with E-state index in [-0.39, 0.29) is 0 Å². The lowest BCUT2D eigenvalue weighted by molar-refractivity contribution is 0.667. The monoisotopic (exact) mass is 665 g/mol. The third kappa shape index (κ3) is 4.31. The van der Waals surface area contributed by atoms with Crippen LogP contribution in [0.4, 0.5) is 0 Å². The van der Waals surface area contributed by atoms with Gasteiger partial charge < -0.3 is 4.42 Å². The quantitative estimate of drug-likeness (QED) is 0.175. The zero-order chi connectivity index (χ0) is 34.2. The minimum atomic E-state index is 0.529. The maximum Gasteiger partial charge on any atom is 0.238 e. The van der Waals surface area contributed by atoms with Crippen molar-refractivity contribution in [3.05, 3.63) is 164 Å². The molecule has 0 aliphatic carbocycles. The lowest BCUT2D eigenvalue weighted by atomic mass is 9.97. The van der Waals surface area contributed by atoms with Crippen molar-refractivity contribution in [2.24, 2.45) is 0 Å². The van der Waals surface area contributed by atoms with E-state index in [1.54, 1.807) is 12.4 Å². The molecule has 0 unspecified atom stereocenters. The molecule has 7 aromatic carbocycles. The highest BCUT2D eigenvalue weighted by Gasteiger charge is 2.22. The van der Waals surface area contributed by atoms with Crippen molar-refractivity contribution < 1.29 is 4.42 Å². The molecule has 11 rings (SSSR count). The van der Waals surface area contributed by atoms with Crippen LogP contribution in [0.3, 0.4) is 0 Å². The second-order valence-electron chi connectivity index (χ2n) is 13.1. The second kappa shape index (κ2) is 11.2. The Morgan fingerprint density at radius 3 is 2.04 bits per heavy atom. The lowest BCUT2D eigenvalue weighted by Crippen LogP contribution is -2.06. The maximum atomic E-state index is 6.47. The molecule has 0 amide bonds. The molecule has 0 spiro atoms. The highest BCUT2D eigenvalue weighted by molar-refractivity contribution is 6.14. The Hall–Kier alpha value is -7.18. The molecule has 0 atom stereocenters. The van der Waals surface area contributed by atoms with Crippen LogP contribution in [0.15, 0.2) is 168 Å². The van der Waals surface area contributed by atoms with Crippen LogP contribution in [0.2, 0.25) is 0 Å². The number of para-hydroxylation sites is 2. The SMILES string of the molecule is c1ccc(-c2ccc3c(c2)c2ccccc2n3-c2nc(-c3cc4ccccc4c4ccccc34)nc(-c3cccc4c3oc3cnccc34)n2)cc1. The maximum absolute atomic E-state index is 6.47. The van der Waals surface area contributed by atoms with E-state index in [1.807, 2.05) is 24.3 Å². The molecule has 11 aromatic rings. The molecule has 0 bridgehead atoms. The van der Waals surface area contributed by atoms with Gasteiger partial charge in [-0.2, -0.15) is 9.97 Å². The Balaban J connectivity index is 1.24. The van der Waals surface area contributed by atoms with Gasteiger partial charge in [0.25, 0.3) is 0 Å². The third-order valence-corrected chi connectivity index (χ3v) is 10.2. The Bertz CT molecular complexity index is 3200. The van der Waals surface area contributed by atoms with E-state index in [0.717, 1.165) is 71.0 Å². The zero-order valence-electron chi connectivity index (χ0n) is 27.7. The van der Waals surface area contributed by atoms with Gasteiger partial charge in [-0.25, -0.2) is 4.98 Å². The van der Waals surface area contributed by atoms with Crippen molar-refractivity contribution in [3.63, 3.8) is 0 Å². The second-order valence-corrected chi connectivity index (χ2v) is 13.1. The van der Waals surface area contributed by atoms with Crippen LogP contribution in [0, 0.1) is 0 Å². The van der Waals surface area contributed by atoms with Crippen LogP contribution in [0.25, 0.3) is 105 Å². The molecular formula is C46H27N5O. The van der Waals surface area contributed by atoms with E-state index in [0.29, 0.717) is 23.2 Å². The molecule has 4 heterocycles. The summed E-state index contributed by atoms with van der Waals surface area (Å²) in [5.74, 6) is 1.65. The molecule has 0 saturated carbocycles. The first-order chi connectivity index (χ1) is 25.8. The molecular weight excluding hydrogens is 639 g/mol. The number of furan rings is 1. The number of aromatic nitrogens is 5. The summed E-state index contributed by atoms with van der Waals surface area (Å²) in [7, 11) is 0. The van der Waals surface area contributed by atoms with Crippen molar-refractivity contribution in [1.29, 1.82) is 0 Å². The van der Waals surface area contributed by atoms with Crippen molar-refractivity contribution in [2.75, 3.05) is 0 Å². The molecule has 0 N–H and O–H groups in total. The molecule has 52 heavy (non-hydrogen) atoms. The summed E-state index contributed by atoms with van der Waals surface area (Å²) in [4.78, 5) is 20.2. The van der Waals surface area contributed by atoms with Crippen LogP contribution in [-0.2, 0) is 0 Å². The van der Waals surface area contributed by atoms with Crippen molar-refractivity contribution >= 4 is 65.3 Å². The van der Waals surface area contributed by atoms with Gasteiger partial charge in [-0.3, -0.25) is 9.55 Å². The first-order valence-electron chi connectivity index (χ1n) is 17.3. The van der Waals surface area contributed by atoms with Gasteiger partial charge in [-0.05, 0) is 69.1 Å². The molecule has 6 nitrogen and oxygen atoms in total. The summed E-state index contributed by atoms with van der Waals surface area (Å²) < 4.78 is 8.63. The van der Waals surface area contributed by atoms with E-state index in [2.05, 4.69) is 137 Å². The van der Waals surface area contributed by atoms with Crippen LogP contribution < -0.4 is 0 Å². The van der Waals surface area contributed by atoms with Crippen molar-refractivity contribution in [2.45, 2.75) is 0 Å². The summed E-state index contributed by atoms with van der Waals surface area (Å²) >= 11 is 0. The normalized spacial score (nSPS) is 11.8. The Morgan fingerprint density at radius 1 is 0.442 bits per heavy atom. The van der Waals surface area contributed by atoms with Crippen molar-refractivity contribution in [1.82, 2.24) is 24.5 Å². The van der Waals surface area contributed by atoms with E-state index in [9.17, 15) is 0 Å². The molecule has 242 valence electrons. The van der Waals surface area contributed by atoms with Crippen LogP contribution in [0.5, 0.6) is 0 Å². The van der Waals surface area contributed by atoms with E-state index in [4.69, 9.17) is 19.4 Å². The molecule has 0 fully saturated rings. The number of nitrogens with zero attached hydrogens (tertiary/aromatic N) is 5. The fourth-order valence-electron chi connectivity index (χ4n) is 7.77. The third-order valence-electron chi connectivity index (χ3n) is 10.2. The first-order valence-corrected chi connectivity index (χ1v) is 17.3. The van der Waals surface area contributed by atoms with E-state index < -0.39 is 0 Å². The lowest BCUT2D eigenvalue weighted by Gasteiger charge is -2.13. The smallest absolute Gasteiger partial charge is 0.238 e. The minimum Gasteiger partial charge on any atom is -0.454 e. The van der Waals surface area contributed by atoms with E-state index >= 15 is 0 Å². The Kier molecular flexibility index (Phi) is 6.15. The number of hydrogen-bond acceptors (Lipinski definition) is 5. The summed E-state index contributed by atoms with van der Waals surface area (Å²) in [5.41, 5.74) is 7.51. The molecule has 4 aromatic heterocycles. The molecule has 6 heteroatoms. The summed E-state index contributed by atoms with van der Waals surface area (Å²) in [6, 6.07) is 52.9. The molecule has 0 saturated heterocycles. The number of rotatable bonds is 4. The average Bonchev–Trinajstić information content (AvgIpc) is 3.76. The minimum absolute atomic E-state index is 0.529. The van der Waals surface area contributed by atoms with Gasteiger partial charge in [0.05, 0.1) is 22.8 Å². The highest BCUT2D eigenvalue weighted by Crippen LogP contribution is 2.39. The molecule has 0 aliphatic rings. The van der Waals surface area contributed by atoms with Gasteiger partial charge in [0.15, 0.2) is 17.2 Å². The van der Waals surface area contributed by atoms with Gasteiger partial charge in [0, 0.05) is 33.3 Å². The topological polar surface area (TPSA) is 69.6 Å². The van der Waals surface area contributed by atoms with Gasteiger partial charge >= 0.3 is 0 Å². The average molecular weight is 666 g/mol.